The van der Waals surface area contributed by atoms with E-state index in [4.69, 9.17) is 0 Å². The van der Waals surface area contributed by atoms with Crippen LogP contribution >= 0.6 is 0 Å². The highest BCUT2D eigenvalue weighted by Crippen LogP contribution is 2.24. The largest absolute Gasteiger partial charge is 0.368 e. The minimum atomic E-state index is 0.166. The maximum absolute atomic E-state index is 13.3. The molecule has 1 aliphatic heterocycles. The molecule has 3 heteroatoms. The van der Waals surface area contributed by atoms with Crippen molar-refractivity contribution in [2.75, 3.05) is 31.1 Å². The second kappa shape index (κ2) is 9.17. The van der Waals surface area contributed by atoms with E-state index in [1.54, 1.807) is 0 Å². The summed E-state index contributed by atoms with van der Waals surface area (Å²) in [5.41, 5.74) is 7.26. The van der Waals surface area contributed by atoms with E-state index >= 15 is 0 Å². The van der Waals surface area contributed by atoms with Crippen molar-refractivity contribution in [1.82, 2.24) is 4.90 Å². The Balaban J connectivity index is 1.42. The molecule has 1 fully saturated rings. The summed E-state index contributed by atoms with van der Waals surface area (Å²) in [6.45, 7) is 7.62. The van der Waals surface area contributed by atoms with Gasteiger partial charge in [-0.05, 0) is 61.1 Å². The number of hydrogen-bond donors (Lipinski definition) is 0. The maximum atomic E-state index is 13.3. The molecule has 1 heterocycles. The fourth-order valence-electron chi connectivity index (χ4n) is 4.27. The van der Waals surface area contributed by atoms with E-state index in [0.29, 0.717) is 0 Å². The van der Waals surface area contributed by atoms with Crippen molar-refractivity contribution in [2.45, 2.75) is 26.7 Å². The van der Waals surface area contributed by atoms with Gasteiger partial charge in [0.1, 0.15) is 0 Å². The summed E-state index contributed by atoms with van der Waals surface area (Å²) in [7, 11) is 0. The summed E-state index contributed by atoms with van der Waals surface area (Å²) in [4.78, 5) is 17.7. The highest BCUT2D eigenvalue weighted by atomic mass is 16.2. The summed E-state index contributed by atoms with van der Waals surface area (Å²) in [5.74, 6) is 0.166. The Hall–Kier alpha value is -3.07. The van der Waals surface area contributed by atoms with Gasteiger partial charge in [0, 0.05) is 37.4 Å². The van der Waals surface area contributed by atoms with Crippen LogP contribution in [0.25, 0.3) is 0 Å². The van der Waals surface area contributed by atoms with Crippen LogP contribution in [0.4, 0.5) is 5.69 Å². The average molecular weight is 399 g/mol. The number of benzene rings is 3. The van der Waals surface area contributed by atoms with E-state index in [1.165, 1.54) is 22.4 Å². The lowest BCUT2D eigenvalue weighted by molar-refractivity contribution is 0.0745. The molecule has 3 nitrogen and oxygen atoms in total. The summed E-state index contributed by atoms with van der Waals surface area (Å²) in [5, 5.41) is 0. The zero-order chi connectivity index (χ0) is 20.9. The number of amides is 1. The van der Waals surface area contributed by atoms with Crippen molar-refractivity contribution < 1.29 is 4.79 Å². The Kier molecular flexibility index (Phi) is 6.18. The molecule has 3 aromatic carbocycles. The lowest BCUT2D eigenvalue weighted by Gasteiger charge is -2.37. The summed E-state index contributed by atoms with van der Waals surface area (Å²) < 4.78 is 0. The molecule has 0 N–H and O–H groups in total. The molecule has 0 spiro atoms. The second-order valence-corrected chi connectivity index (χ2v) is 8.14. The minimum absolute atomic E-state index is 0.166. The standard InChI is InChI=1S/C27H30N2O/c1-21-9-8-14-26(22(21)2)28-17-19-29(20-18-28)27(30)25-13-7-6-12-24(25)16-15-23-10-4-3-5-11-23/h3-14H,15-20H2,1-2H3. The van der Waals surface area contributed by atoms with Crippen molar-refractivity contribution in [2.24, 2.45) is 0 Å². The topological polar surface area (TPSA) is 23.6 Å². The number of rotatable bonds is 5. The van der Waals surface area contributed by atoms with Crippen LogP contribution in [0, 0.1) is 13.8 Å². The molecule has 1 saturated heterocycles. The van der Waals surface area contributed by atoms with Crippen LogP contribution in [0.15, 0.2) is 72.8 Å². The van der Waals surface area contributed by atoms with E-state index in [-0.39, 0.29) is 5.91 Å². The highest BCUT2D eigenvalue weighted by molar-refractivity contribution is 5.96. The first-order valence-corrected chi connectivity index (χ1v) is 10.9. The summed E-state index contributed by atoms with van der Waals surface area (Å²) >= 11 is 0. The molecule has 1 aliphatic rings. The Morgan fingerprint density at radius 1 is 0.767 bits per heavy atom. The van der Waals surface area contributed by atoms with Gasteiger partial charge in [-0.1, -0.05) is 60.7 Å². The third-order valence-electron chi connectivity index (χ3n) is 6.26. The Labute approximate surface area is 180 Å². The molecule has 1 amide bonds. The van der Waals surface area contributed by atoms with Crippen LogP contribution in [-0.2, 0) is 12.8 Å². The number of carbonyl (C=O) groups is 1. The van der Waals surface area contributed by atoms with E-state index in [9.17, 15) is 4.79 Å². The predicted molar refractivity (Wildman–Crippen MR) is 124 cm³/mol. The molecule has 0 radical (unpaired) electrons. The highest BCUT2D eigenvalue weighted by Gasteiger charge is 2.24. The van der Waals surface area contributed by atoms with Crippen molar-refractivity contribution in [1.29, 1.82) is 0 Å². The Bertz CT molecular complexity index is 1000. The first-order chi connectivity index (χ1) is 14.6. The van der Waals surface area contributed by atoms with Crippen molar-refractivity contribution in [3.8, 4) is 0 Å². The SMILES string of the molecule is Cc1cccc(N2CCN(C(=O)c3ccccc3CCc3ccccc3)CC2)c1C. The van der Waals surface area contributed by atoms with Gasteiger partial charge in [-0.2, -0.15) is 0 Å². The summed E-state index contributed by atoms with van der Waals surface area (Å²) in [6, 6.07) is 25.1. The minimum Gasteiger partial charge on any atom is -0.368 e. The molecule has 0 atom stereocenters. The van der Waals surface area contributed by atoms with E-state index in [2.05, 4.69) is 67.3 Å². The maximum Gasteiger partial charge on any atom is 0.254 e. The van der Waals surface area contributed by atoms with Gasteiger partial charge < -0.3 is 9.80 Å². The molecule has 4 rings (SSSR count). The molecule has 3 aromatic rings. The molecule has 0 unspecified atom stereocenters. The van der Waals surface area contributed by atoms with Gasteiger partial charge in [-0.3, -0.25) is 4.79 Å². The Morgan fingerprint density at radius 2 is 1.47 bits per heavy atom. The van der Waals surface area contributed by atoms with Crippen molar-refractivity contribution in [3.05, 3.63) is 101 Å². The molecule has 30 heavy (non-hydrogen) atoms. The van der Waals surface area contributed by atoms with Crippen LogP contribution in [0.5, 0.6) is 0 Å². The number of hydrogen-bond acceptors (Lipinski definition) is 2. The number of nitrogens with zero attached hydrogens (tertiary/aromatic N) is 2. The van der Waals surface area contributed by atoms with Gasteiger partial charge in [-0.15, -0.1) is 0 Å². The number of aryl methyl sites for hydroxylation is 3. The first-order valence-electron chi connectivity index (χ1n) is 10.9. The fourth-order valence-corrected chi connectivity index (χ4v) is 4.27. The second-order valence-electron chi connectivity index (χ2n) is 8.14. The van der Waals surface area contributed by atoms with E-state index < -0.39 is 0 Å². The third-order valence-corrected chi connectivity index (χ3v) is 6.26. The molecular formula is C27H30N2O. The Morgan fingerprint density at radius 3 is 2.23 bits per heavy atom. The quantitative estimate of drug-likeness (QED) is 0.600. The van der Waals surface area contributed by atoms with Crippen molar-refractivity contribution >= 4 is 11.6 Å². The molecular weight excluding hydrogens is 368 g/mol. The molecule has 154 valence electrons. The van der Waals surface area contributed by atoms with Crippen LogP contribution in [0.1, 0.15) is 32.6 Å². The molecule has 0 aromatic heterocycles. The third kappa shape index (κ3) is 4.40. The number of anilines is 1. The lowest BCUT2D eigenvalue weighted by Crippen LogP contribution is -2.49. The zero-order valence-corrected chi connectivity index (χ0v) is 18.0. The van der Waals surface area contributed by atoms with E-state index in [0.717, 1.165) is 50.1 Å². The lowest BCUT2D eigenvalue weighted by atomic mass is 9.99. The monoisotopic (exact) mass is 398 g/mol. The fraction of sp³-hybridized carbons (Fsp3) is 0.296. The summed E-state index contributed by atoms with van der Waals surface area (Å²) in [6.07, 6.45) is 1.83. The van der Waals surface area contributed by atoms with Gasteiger partial charge in [0.2, 0.25) is 0 Å². The van der Waals surface area contributed by atoms with Gasteiger partial charge in [0.05, 0.1) is 0 Å². The van der Waals surface area contributed by atoms with Crippen LogP contribution < -0.4 is 4.90 Å². The normalized spacial score (nSPS) is 14.1. The van der Waals surface area contributed by atoms with Crippen LogP contribution in [-0.4, -0.2) is 37.0 Å². The van der Waals surface area contributed by atoms with Crippen molar-refractivity contribution in [3.63, 3.8) is 0 Å². The van der Waals surface area contributed by atoms with Gasteiger partial charge in [0.15, 0.2) is 0 Å². The smallest absolute Gasteiger partial charge is 0.254 e. The molecule has 0 saturated carbocycles. The molecule has 0 aliphatic carbocycles. The first kappa shape index (κ1) is 20.2. The van der Waals surface area contributed by atoms with Crippen LogP contribution in [0.3, 0.4) is 0 Å². The van der Waals surface area contributed by atoms with Gasteiger partial charge in [-0.25, -0.2) is 0 Å². The zero-order valence-electron chi connectivity index (χ0n) is 18.0. The van der Waals surface area contributed by atoms with Crippen LogP contribution in [0.2, 0.25) is 0 Å². The molecule has 0 bridgehead atoms. The van der Waals surface area contributed by atoms with E-state index in [1.807, 2.05) is 29.2 Å². The van der Waals surface area contributed by atoms with Gasteiger partial charge in [0.25, 0.3) is 5.91 Å². The number of carbonyl (C=O) groups excluding carboxylic acids is 1. The van der Waals surface area contributed by atoms with Gasteiger partial charge >= 0.3 is 0 Å². The average Bonchev–Trinajstić information content (AvgIpc) is 2.80. The predicted octanol–water partition coefficient (Wildman–Crippen LogP) is 5.05. The number of piperazine rings is 1.